The molecule has 0 amide bonds. The summed E-state index contributed by atoms with van der Waals surface area (Å²) >= 11 is 0. The van der Waals surface area contributed by atoms with Gasteiger partial charge in [-0.2, -0.15) is 0 Å². The molecule has 1 rings (SSSR count). The molecule has 0 unspecified atom stereocenters. The smallest absolute Gasteiger partial charge is 0.00438 e. The van der Waals surface area contributed by atoms with Crippen LogP contribution >= 0.6 is 0 Å². The summed E-state index contributed by atoms with van der Waals surface area (Å²) in [6.45, 7) is 9.41. The average molecular weight is 197 g/mol. The lowest BCUT2D eigenvalue weighted by molar-refractivity contribution is 0.146. The Bertz CT molecular complexity index is 145. The first-order valence-electron chi connectivity index (χ1n) is 6.37. The highest BCUT2D eigenvalue weighted by atomic mass is 14.8. The highest BCUT2D eigenvalue weighted by molar-refractivity contribution is 4.81. The molecule has 0 aromatic rings. The van der Waals surface area contributed by atoms with Gasteiger partial charge in [0.1, 0.15) is 0 Å². The fourth-order valence-corrected chi connectivity index (χ4v) is 2.68. The number of rotatable bonds is 5. The summed E-state index contributed by atoms with van der Waals surface area (Å²) in [7, 11) is 0. The molecule has 1 saturated carbocycles. The van der Waals surface area contributed by atoms with Crippen molar-refractivity contribution in [1.29, 1.82) is 0 Å². The molecule has 0 radical (unpaired) electrons. The Balaban J connectivity index is 2.29. The monoisotopic (exact) mass is 197 g/mol. The van der Waals surface area contributed by atoms with Crippen molar-refractivity contribution in [3.05, 3.63) is 0 Å². The minimum Gasteiger partial charge on any atom is -0.317 e. The average Bonchev–Trinajstić information content (AvgIpc) is 2.19. The normalized spacial score (nSPS) is 19.9. The standard InChI is InChI=1S/C13H27N/c1-4-14-11-10-13(2,3)12-8-6-5-7-9-12/h12,14H,4-11H2,1-3H3. The summed E-state index contributed by atoms with van der Waals surface area (Å²) in [5.41, 5.74) is 0.558. The first-order valence-corrected chi connectivity index (χ1v) is 6.37. The summed E-state index contributed by atoms with van der Waals surface area (Å²) in [6, 6.07) is 0. The highest BCUT2D eigenvalue weighted by Crippen LogP contribution is 2.40. The van der Waals surface area contributed by atoms with Gasteiger partial charge in [-0.1, -0.05) is 40.0 Å². The molecule has 1 N–H and O–H groups in total. The van der Waals surface area contributed by atoms with Gasteiger partial charge in [0.2, 0.25) is 0 Å². The third kappa shape index (κ3) is 3.61. The Kier molecular flexibility index (Phi) is 4.94. The Morgan fingerprint density at radius 1 is 1.14 bits per heavy atom. The molecule has 1 fully saturated rings. The second kappa shape index (κ2) is 5.75. The van der Waals surface area contributed by atoms with Gasteiger partial charge in [-0.25, -0.2) is 0 Å². The highest BCUT2D eigenvalue weighted by Gasteiger charge is 2.29. The lowest BCUT2D eigenvalue weighted by Crippen LogP contribution is -2.30. The van der Waals surface area contributed by atoms with Gasteiger partial charge in [-0.15, -0.1) is 0 Å². The number of hydrogen-bond donors (Lipinski definition) is 1. The van der Waals surface area contributed by atoms with E-state index in [1.807, 2.05) is 0 Å². The molecule has 1 heteroatoms. The Morgan fingerprint density at radius 3 is 2.36 bits per heavy atom. The van der Waals surface area contributed by atoms with Gasteiger partial charge in [-0.3, -0.25) is 0 Å². The van der Waals surface area contributed by atoms with Crippen LogP contribution in [0, 0.1) is 11.3 Å². The zero-order chi connectivity index (χ0) is 10.4. The predicted octanol–water partition coefficient (Wildman–Crippen LogP) is 3.59. The quantitative estimate of drug-likeness (QED) is 0.664. The first kappa shape index (κ1) is 12.0. The van der Waals surface area contributed by atoms with Crippen LogP contribution in [0.1, 0.15) is 59.3 Å². The molecule has 1 aliphatic carbocycles. The topological polar surface area (TPSA) is 12.0 Å². The lowest BCUT2D eigenvalue weighted by Gasteiger charge is -2.37. The van der Waals surface area contributed by atoms with Gasteiger partial charge < -0.3 is 5.32 Å². The van der Waals surface area contributed by atoms with Crippen molar-refractivity contribution in [3.63, 3.8) is 0 Å². The number of hydrogen-bond acceptors (Lipinski definition) is 1. The van der Waals surface area contributed by atoms with E-state index in [-0.39, 0.29) is 0 Å². The third-order valence-electron chi connectivity index (χ3n) is 3.91. The summed E-state index contributed by atoms with van der Waals surface area (Å²) in [5, 5.41) is 3.44. The minimum absolute atomic E-state index is 0.558. The van der Waals surface area contributed by atoms with Gasteiger partial charge in [0.05, 0.1) is 0 Å². The molecular weight excluding hydrogens is 170 g/mol. The van der Waals surface area contributed by atoms with E-state index < -0.39 is 0 Å². The van der Waals surface area contributed by atoms with E-state index in [9.17, 15) is 0 Å². The molecule has 0 aromatic carbocycles. The molecule has 0 aromatic heterocycles. The van der Waals surface area contributed by atoms with Crippen LogP contribution in [-0.4, -0.2) is 13.1 Å². The van der Waals surface area contributed by atoms with E-state index in [1.54, 1.807) is 0 Å². The molecule has 1 aliphatic rings. The van der Waals surface area contributed by atoms with Crippen molar-refractivity contribution in [2.75, 3.05) is 13.1 Å². The van der Waals surface area contributed by atoms with Crippen LogP contribution in [0.4, 0.5) is 0 Å². The fraction of sp³-hybridized carbons (Fsp3) is 1.00. The van der Waals surface area contributed by atoms with Crippen LogP contribution < -0.4 is 5.32 Å². The second-order valence-electron chi connectivity index (χ2n) is 5.43. The van der Waals surface area contributed by atoms with Crippen molar-refractivity contribution in [2.24, 2.45) is 11.3 Å². The van der Waals surface area contributed by atoms with Crippen molar-refractivity contribution in [1.82, 2.24) is 5.32 Å². The molecular formula is C13H27N. The van der Waals surface area contributed by atoms with E-state index in [4.69, 9.17) is 0 Å². The predicted molar refractivity (Wildman–Crippen MR) is 63.5 cm³/mol. The van der Waals surface area contributed by atoms with E-state index in [2.05, 4.69) is 26.1 Å². The fourth-order valence-electron chi connectivity index (χ4n) is 2.68. The van der Waals surface area contributed by atoms with E-state index >= 15 is 0 Å². The first-order chi connectivity index (χ1) is 6.67. The molecule has 0 aliphatic heterocycles. The van der Waals surface area contributed by atoms with E-state index in [1.165, 1.54) is 45.1 Å². The lowest BCUT2D eigenvalue weighted by atomic mass is 9.69. The summed E-state index contributed by atoms with van der Waals surface area (Å²) in [5.74, 6) is 0.981. The van der Waals surface area contributed by atoms with Gasteiger partial charge in [0.15, 0.2) is 0 Å². The second-order valence-corrected chi connectivity index (χ2v) is 5.43. The summed E-state index contributed by atoms with van der Waals surface area (Å²) in [6.07, 6.45) is 8.69. The zero-order valence-electron chi connectivity index (χ0n) is 10.2. The SMILES string of the molecule is CCNCCC(C)(C)C1CCCCC1. The maximum atomic E-state index is 3.44. The molecule has 0 saturated heterocycles. The van der Waals surface area contributed by atoms with Crippen LogP contribution in [0.5, 0.6) is 0 Å². The number of nitrogens with one attached hydrogen (secondary N) is 1. The Hall–Kier alpha value is -0.0400. The van der Waals surface area contributed by atoms with Crippen LogP contribution in [0.15, 0.2) is 0 Å². The van der Waals surface area contributed by atoms with E-state index in [0.717, 1.165) is 12.5 Å². The van der Waals surface area contributed by atoms with Crippen LogP contribution in [-0.2, 0) is 0 Å². The zero-order valence-corrected chi connectivity index (χ0v) is 10.2. The van der Waals surface area contributed by atoms with Crippen LogP contribution in [0.3, 0.4) is 0 Å². The Labute approximate surface area is 89.7 Å². The Morgan fingerprint density at radius 2 is 1.79 bits per heavy atom. The summed E-state index contributed by atoms with van der Waals surface area (Å²) < 4.78 is 0. The molecule has 84 valence electrons. The maximum Gasteiger partial charge on any atom is -0.00438 e. The maximum absolute atomic E-state index is 3.44. The van der Waals surface area contributed by atoms with Crippen LogP contribution in [0.25, 0.3) is 0 Å². The molecule has 1 nitrogen and oxygen atoms in total. The molecule has 0 spiro atoms. The third-order valence-corrected chi connectivity index (χ3v) is 3.91. The van der Waals surface area contributed by atoms with Gasteiger partial charge in [0, 0.05) is 0 Å². The van der Waals surface area contributed by atoms with Crippen molar-refractivity contribution >= 4 is 0 Å². The van der Waals surface area contributed by atoms with Crippen molar-refractivity contribution in [2.45, 2.75) is 59.3 Å². The minimum atomic E-state index is 0.558. The molecule has 0 heterocycles. The van der Waals surface area contributed by atoms with Crippen LogP contribution in [0.2, 0.25) is 0 Å². The van der Waals surface area contributed by atoms with Crippen molar-refractivity contribution in [3.8, 4) is 0 Å². The van der Waals surface area contributed by atoms with Gasteiger partial charge in [0.25, 0.3) is 0 Å². The van der Waals surface area contributed by atoms with Gasteiger partial charge in [-0.05, 0) is 43.7 Å². The molecule has 14 heavy (non-hydrogen) atoms. The van der Waals surface area contributed by atoms with E-state index in [0.29, 0.717) is 5.41 Å². The molecule has 0 atom stereocenters. The largest absolute Gasteiger partial charge is 0.317 e. The van der Waals surface area contributed by atoms with Gasteiger partial charge >= 0.3 is 0 Å². The van der Waals surface area contributed by atoms with Crippen molar-refractivity contribution < 1.29 is 0 Å². The summed E-state index contributed by atoms with van der Waals surface area (Å²) in [4.78, 5) is 0. The molecule has 0 bridgehead atoms.